The monoisotopic (exact) mass is 284 g/mol. The van der Waals surface area contributed by atoms with E-state index in [1.807, 2.05) is 16.7 Å². The van der Waals surface area contributed by atoms with Crippen LogP contribution in [0.5, 0.6) is 0 Å². The Bertz CT molecular complexity index is 361. The predicted octanol–water partition coefficient (Wildman–Crippen LogP) is 1.60. The van der Waals surface area contributed by atoms with Gasteiger partial charge in [-0.25, -0.2) is 0 Å². The van der Waals surface area contributed by atoms with E-state index in [2.05, 4.69) is 13.2 Å². The first kappa shape index (κ1) is 14.7. The van der Waals surface area contributed by atoms with Gasteiger partial charge in [-0.15, -0.1) is 0 Å². The van der Waals surface area contributed by atoms with Crippen molar-refractivity contribution in [3.63, 3.8) is 0 Å². The van der Waals surface area contributed by atoms with Crippen molar-refractivity contribution in [3.8, 4) is 0 Å². The fourth-order valence-corrected chi connectivity index (χ4v) is 3.92. The first-order valence-corrected chi connectivity index (χ1v) is 8.59. The molecule has 2 saturated heterocycles. The standard InChI is InChI=1S/C14H24N2O2S/c1-4-11-13(17)15-7-5-6-12(15)14(18)16(11)8-10(2)9-19-3/h10-12H,4-9H2,1-3H3. The summed E-state index contributed by atoms with van der Waals surface area (Å²) in [5.74, 6) is 1.81. The van der Waals surface area contributed by atoms with E-state index >= 15 is 0 Å². The van der Waals surface area contributed by atoms with Crippen LogP contribution in [0.15, 0.2) is 0 Å². The number of rotatable bonds is 5. The molecule has 5 heteroatoms. The van der Waals surface area contributed by atoms with Gasteiger partial charge in [0.1, 0.15) is 12.1 Å². The molecule has 0 aromatic heterocycles. The molecule has 2 amide bonds. The van der Waals surface area contributed by atoms with E-state index in [-0.39, 0.29) is 23.9 Å². The summed E-state index contributed by atoms with van der Waals surface area (Å²) in [5.41, 5.74) is 0. The number of amides is 2. The van der Waals surface area contributed by atoms with Crippen LogP contribution in [0.25, 0.3) is 0 Å². The van der Waals surface area contributed by atoms with Gasteiger partial charge in [0.25, 0.3) is 0 Å². The number of hydrogen-bond donors (Lipinski definition) is 0. The molecule has 0 aromatic carbocycles. The molecule has 19 heavy (non-hydrogen) atoms. The summed E-state index contributed by atoms with van der Waals surface area (Å²) in [5, 5.41) is 0. The van der Waals surface area contributed by atoms with E-state index in [0.29, 0.717) is 12.5 Å². The number of piperazine rings is 1. The van der Waals surface area contributed by atoms with E-state index in [1.54, 1.807) is 11.8 Å². The molecule has 0 N–H and O–H groups in total. The summed E-state index contributed by atoms with van der Waals surface area (Å²) >= 11 is 1.80. The van der Waals surface area contributed by atoms with Gasteiger partial charge in [-0.1, -0.05) is 13.8 Å². The zero-order valence-corrected chi connectivity index (χ0v) is 12.9. The molecule has 0 bridgehead atoms. The van der Waals surface area contributed by atoms with Gasteiger partial charge < -0.3 is 9.80 Å². The lowest BCUT2D eigenvalue weighted by molar-refractivity contribution is -0.160. The fraction of sp³-hybridized carbons (Fsp3) is 0.857. The van der Waals surface area contributed by atoms with Crippen molar-refractivity contribution < 1.29 is 9.59 Å². The summed E-state index contributed by atoms with van der Waals surface area (Å²) in [7, 11) is 0. The van der Waals surface area contributed by atoms with Crippen molar-refractivity contribution >= 4 is 23.6 Å². The maximum absolute atomic E-state index is 12.6. The molecular weight excluding hydrogens is 260 g/mol. The Morgan fingerprint density at radius 3 is 2.74 bits per heavy atom. The maximum Gasteiger partial charge on any atom is 0.246 e. The molecule has 0 radical (unpaired) electrons. The molecule has 2 fully saturated rings. The highest BCUT2D eigenvalue weighted by Crippen LogP contribution is 2.28. The van der Waals surface area contributed by atoms with Crippen LogP contribution in [0, 0.1) is 5.92 Å². The normalized spacial score (nSPS) is 28.8. The highest BCUT2D eigenvalue weighted by Gasteiger charge is 2.46. The second-order valence-corrected chi connectivity index (χ2v) is 6.58. The highest BCUT2D eigenvalue weighted by atomic mass is 32.2. The number of hydrogen-bond acceptors (Lipinski definition) is 3. The summed E-state index contributed by atoms with van der Waals surface area (Å²) < 4.78 is 0. The summed E-state index contributed by atoms with van der Waals surface area (Å²) in [4.78, 5) is 28.7. The second-order valence-electron chi connectivity index (χ2n) is 5.66. The quantitative estimate of drug-likeness (QED) is 0.770. The molecule has 2 rings (SSSR count). The SMILES string of the molecule is CCC1C(=O)N2CCCC2C(=O)N1CC(C)CSC. The molecule has 108 valence electrons. The van der Waals surface area contributed by atoms with Crippen molar-refractivity contribution in [2.75, 3.05) is 25.1 Å². The minimum atomic E-state index is -0.230. The maximum atomic E-state index is 12.6. The van der Waals surface area contributed by atoms with Crippen LogP contribution in [0.2, 0.25) is 0 Å². The van der Waals surface area contributed by atoms with Crippen LogP contribution in [0.4, 0.5) is 0 Å². The van der Waals surface area contributed by atoms with E-state index in [0.717, 1.165) is 31.6 Å². The van der Waals surface area contributed by atoms with Crippen molar-refractivity contribution in [1.82, 2.24) is 9.80 Å². The van der Waals surface area contributed by atoms with E-state index in [1.165, 1.54) is 0 Å². The predicted molar refractivity (Wildman–Crippen MR) is 78.1 cm³/mol. The molecule has 0 aromatic rings. The van der Waals surface area contributed by atoms with E-state index < -0.39 is 0 Å². The third-order valence-corrected chi connectivity index (χ3v) is 5.01. The zero-order chi connectivity index (χ0) is 14.0. The van der Waals surface area contributed by atoms with Crippen LogP contribution in [0.1, 0.15) is 33.1 Å². The largest absolute Gasteiger partial charge is 0.329 e. The van der Waals surface area contributed by atoms with Crippen LogP contribution >= 0.6 is 11.8 Å². The van der Waals surface area contributed by atoms with Crippen molar-refractivity contribution in [1.29, 1.82) is 0 Å². The lowest BCUT2D eigenvalue weighted by Gasteiger charge is -2.43. The van der Waals surface area contributed by atoms with Gasteiger partial charge in [-0.05, 0) is 37.2 Å². The van der Waals surface area contributed by atoms with Crippen LogP contribution < -0.4 is 0 Å². The van der Waals surface area contributed by atoms with Gasteiger partial charge in [0.05, 0.1) is 0 Å². The van der Waals surface area contributed by atoms with E-state index in [4.69, 9.17) is 0 Å². The Morgan fingerprint density at radius 1 is 1.37 bits per heavy atom. The third-order valence-electron chi connectivity index (χ3n) is 4.11. The van der Waals surface area contributed by atoms with Gasteiger partial charge in [0.2, 0.25) is 11.8 Å². The van der Waals surface area contributed by atoms with Gasteiger partial charge in [-0.2, -0.15) is 11.8 Å². The van der Waals surface area contributed by atoms with Crippen LogP contribution in [-0.4, -0.2) is 58.8 Å². The average molecular weight is 284 g/mol. The molecule has 2 aliphatic heterocycles. The van der Waals surface area contributed by atoms with Crippen molar-refractivity contribution in [2.24, 2.45) is 5.92 Å². The smallest absolute Gasteiger partial charge is 0.246 e. The minimum Gasteiger partial charge on any atom is -0.329 e. The molecule has 2 aliphatic rings. The molecule has 2 heterocycles. The Balaban J connectivity index is 2.14. The van der Waals surface area contributed by atoms with Crippen LogP contribution in [-0.2, 0) is 9.59 Å². The third kappa shape index (κ3) is 2.76. The van der Waals surface area contributed by atoms with Gasteiger partial charge in [-0.3, -0.25) is 9.59 Å². The molecule has 4 nitrogen and oxygen atoms in total. The van der Waals surface area contributed by atoms with Gasteiger partial charge in [0.15, 0.2) is 0 Å². The molecular formula is C14H24N2O2S. The summed E-state index contributed by atoms with van der Waals surface area (Å²) in [6.07, 6.45) is 4.61. The zero-order valence-electron chi connectivity index (χ0n) is 12.1. The number of carbonyl (C=O) groups is 2. The van der Waals surface area contributed by atoms with Gasteiger partial charge >= 0.3 is 0 Å². The van der Waals surface area contributed by atoms with Crippen LogP contribution in [0.3, 0.4) is 0 Å². The molecule has 0 aliphatic carbocycles. The Labute approximate surface area is 119 Å². The molecule has 0 saturated carbocycles. The first-order valence-electron chi connectivity index (χ1n) is 7.20. The molecule has 3 unspecified atom stereocenters. The number of thioether (sulfide) groups is 1. The number of carbonyl (C=O) groups excluding carboxylic acids is 2. The Kier molecular flexibility index (Phi) is 4.76. The fourth-order valence-electron chi connectivity index (χ4n) is 3.24. The van der Waals surface area contributed by atoms with Gasteiger partial charge in [0, 0.05) is 13.1 Å². The van der Waals surface area contributed by atoms with Crippen molar-refractivity contribution in [2.45, 2.75) is 45.2 Å². The lowest BCUT2D eigenvalue weighted by atomic mass is 10.0. The Hall–Kier alpha value is -0.710. The highest BCUT2D eigenvalue weighted by molar-refractivity contribution is 7.98. The molecule has 3 atom stereocenters. The second kappa shape index (κ2) is 6.16. The Morgan fingerprint density at radius 2 is 2.11 bits per heavy atom. The lowest BCUT2D eigenvalue weighted by Crippen LogP contribution is -2.63. The number of nitrogens with zero attached hydrogens (tertiary/aromatic N) is 2. The minimum absolute atomic E-state index is 0.168. The van der Waals surface area contributed by atoms with Crippen molar-refractivity contribution in [3.05, 3.63) is 0 Å². The summed E-state index contributed by atoms with van der Waals surface area (Å²) in [6, 6.07) is -0.400. The molecule has 0 spiro atoms. The first-order chi connectivity index (χ1) is 9.10. The topological polar surface area (TPSA) is 40.6 Å². The number of fused-ring (bicyclic) bond motifs is 1. The summed E-state index contributed by atoms with van der Waals surface area (Å²) in [6.45, 7) is 5.63. The van der Waals surface area contributed by atoms with E-state index in [9.17, 15) is 9.59 Å². The average Bonchev–Trinajstić information content (AvgIpc) is 2.86.